The molecule has 0 heterocycles. The molecule has 2 rings (SSSR count). The number of rotatable bonds is 9. The first-order valence-corrected chi connectivity index (χ1v) is 9.50. The number of benzene rings is 2. The van der Waals surface area contributed by atoms with Gasteiger partial charge >= 0.3 is 0 Å². The highest BCUT2D eigenvalue weighted by atomic mass is 79.9. The smallest absolute Gasteiger partial charge is 0.172 e. The van der Waals surface area contributed by atoms with Gasteiger partial charge in [-0.25, -0.2) is 0 Å². The van der Waals surface area contributed by atoms with Crippen molar-refractivity contribution in [2.45, 2.75) is 26.2 Å². The van der Waals surface area contributed by atoms with Crippen LogP contribution in [-0.4, -0.2) is 32.2 Å². The number of ketones is 1. The Balaban J connectivity index is 2.06. The van der Waals surface area contributed by atoms with Crippen LogP contribution in [0.25, 0.3) is 0 Å². The monoisotopic (exact) mass is 436 g/mol. The van der Waals surface area contributed by atoms with Gasteiger partial charge in [-0.15, -0.1) is 0 Å². The van der Waals surface area contributed by atoms with Crippen molar-refractivity contribution in [1.82, 2.24) is 0 Å². The third-order valence-corrected chi connectivity index (χ3v) is 5.14. The third kappa shape index (κ3) is 5.16. The van der Waals surface area contributed by atoms with Crippen molar-refractivity contribution in [3.05, 3.63) is 45.9 Å². The summed E-state index contributed by atoms with van der Waals surface area (Å²) in [6.45, 7) is 2.05. The first kappa shape index (κ1) is 21.1. The van der Waals surface area contributed by atoms with Gasteiger partial charge in [-0.3, -0.25) is 4.79 Å². The molecule has 6 heteroatoms. The summed E-state index contributed by atoms with van der Waals surface area (Å²) in [6.07, 6.45) is 2.03. The van der Waals surface area contributed by atoms with Crippen molar-refractivity contribution in [3.63, 3.8) is 0 Å². The van der Waals surface area contributed by atoms with E-state index in [-0.39, 0.29) is 17.5 Å². The number of aryl methyl sites for hydroxylation is 1. The minimum atomic E-state index is 0.00779. The molecule has 146 valence electrons. The lowest BCUT2D eigenvalue weighted by atomic mass is 9.93. The average Bonchev–Trinajstić information content (AvgIpc) is 2.66. The summed E-state index contributed by atoms with van der Waals surface area (Å²) in [4.78, 5) is 12.9. The normalized spacial score (nSPS) is 11.7. The molecule has 0 radical (unpaired) electrons. The minimum absolute atomic E-state index is 0.00779. The van der Waals surface area contributed by atoms with Crippen molar-refractivity contribution in [2.75, 3.05) is 21.3 Å². The lowest BCUT2D eigenvalue weighted by molar-refractivity contribution is 0.0958. The molecule has 0 saturated heterocycles. The molecule has 0 aliphatic heterocycles. The number of hydrogen-bond acceptors (Lipinski definition) is 5. The van der Waals surface area contributed by atoms with E-state index in [0.717, 1.165) is 18.4 Å². The molecule has 0 amide bonds. The quantitative estimate of drug-likeness (QED) is 0.558. The number of Topliss-reactive ketones (excluding diaryl/α,β-unsaturated/α-hetero) is 1. The lowest BCUT2D eigenvalue weighted by Crippen LogP contribution is -2.10. The average molecular weight is 437 g/mol. The summed E-state index contributed by atoms with van der Waals surface area (Å²) in [5.74, 6) is 1.76. The predicted molar refractivity (Wildman–Crippen MR) is 108 cm³/mol. The van der Waals surface area contributed by atoms with Crippen LogP contribution in [0, 0.1) is 5.92 Å². The van der Waals surface area contributed by atoms with Crippen LogP contribution < -0.4 is 14.2 Å². The standard InChI is InChI=1S/C21H25BrO5/c1-13(5-6-14-7-9-16(23)19(12-14)26-3)11-17(24)20-15(22)8-10-18(25-2)21(20)27-4/h7-10,12-13,23H,5-6,11H2,1-4H3/t13-/m1/s1. The molecule has 1 N–H and O–H groups in total. The van der Waals surface area contributed by atoms with Crippen molar-refractivity contribution in [3.8, 4) is 23.0 Å². The second-order valence-electron chi connectivity index (χ2n) is 6.44. The summed E-state index contributed by atoms with van der Waals surface area (Å²) in [7, 11) is 4.61. The second kappa shape index (κ2) is 9.65. The molecule has 0 aromatic heterocycles. The Hall–Kier alpha value is -2.21. The molecule has 0 bridgehead atoms. The maximum Gasteiger partial charge on any atom is 0.172 e. The van der Waals surface area contributed by atoms with E-state index < -0.39 is 0 Å². The number of carbonyl (C=O) groups is 1. The lowest BCUT2D eigenvalue weighted by Gasteiger charge is -2.16. The number of carbonyl (C=O) groups excluding carboxylic acids is 1. The number of phenols is 1. The molecule has 0 spiro atoms. The van der Waals surface area contributed by atoms with Crippen LogP contribution in [0.3, 0.4) is 0 Å². The van der Waals surface area contributed by atoms with Crippen LogP contribution in [-0.2, 0) is 6.42 Å². The molecule has 0 aliphatic rings. The summed E-state index contributed by atoms with van der Waals surface area (Å²) >= 11 is 3.45. The van der Waals surface area contributed by atoms with Crippen molar-refractivity contribution >= 4 is 21.7 Å². The highest BCUT2D eigenvalue weighted by molar-refractivity contribution is 9.10. The molecule has 0 aliphatic carbocycles. The van der Waals surface area contributed by atoms with E-state index in [0.29, 0.717) is 33.7 Å². The van der Waals surface area contributed by atoms with Crippen LogP contribution in [0.1, 0.15) is 35.7 Å². The largest absolute Gasteiger partial charge is 0.504 e. The van der Waals surface area contributed by atoms with Gasteiger partial charge in [-0.2, -0.15) is 0 Å². The van der Waals surface area contributed by atoms with Crippen molar-refractivity contribution in [2.24, 2.45) is 5.92 Å². The molecule has 0 unspecified atom stereocenters. The first-order chi connectivity index (χ1) is 12.9. The van der Waals surface area contributed by atoms with Crippen LogP contribution >= 0.6 is 15.9 Å². The molecule has 2 aromatic carbocycles. The number of halogens is 1. The molecule has 0 fully saturated rings. The highest BCUT2D eigenvalue weighted by Crippen LogP contribution is 2.37. The Morgan fingerprint density at radius 2 is 1.78 bits per heavy atom. The Morgan fingerprint density at radius 3 is 2.41 bits per heavy atom. The van der Waals surface area contributed by atoms with Crippen LogP contribution in [0.5, 0.6) is 23.0 Å². The van der Waals surface area contributed by atoms with Gasteiger partial charge in [0.25, 0.3) is 0 Å². The fourth-order valence-electron chi connectivity index (χ4n) is 2.97. The molecular formula is C21H25BrO5. The SMILES string of the molecule is COc1cc(CC[C@@H](C)CC(=O)c2c(Br)ccc(OC)c2OC)ccc1O. The fraction of sp³-hybridized carbons (Fsp3) is 0.381. The van der Waals surface area contributed by atoms with E-state index in [1.807, 2.05) is 12.1 Å². The molecule has 5 nitrogen and oxygen atoms in total. The highest BCUT2D eigenvalue weighted by Gasteiger charge is 2.22. The maximum absolute atomic E-state index is 12.9. The van der Waals surface area contributed by atoms with Crippen molar-refractivity contribution in [1.29, 1.82) is 0 Å². The van der Waals surface area contributed by atoms with E-state index in [9.17, 15) is 9.90 Å². The summed E-state index contributed by atoms with van der Waals surface area (Å²) in [5, 5.41) is 9.68. The Kier molecular flexibility index (Phi) is 7.54. The van der Waals surface area contributed by atoms with Crippen molar-refractivity contribution < 1.29 is 24.1 Å². The Morgan fingerprint density at radius 1 is 1.07 bits per heavy atom. The van der Waals surface area contributed by atoms with Crippen LogP contribution in [0.4, 0.5) is 0 Å². The second-order valence-corrected chi connectivity index (χ2v) is 7.29. The van der Waals surface area contributed by atoms with Gasteiger partial charge in [-0.1, -0.05) is 13.0 Å². The third-order valence-electron chi connectivity index (χ3n) is 4.48. The summed E-state index contributed by atoms with van der Waals surface area (Å²) in [5.41, 5.74) is 1.57. The minimum Gasteiger partial charge on any atom is -0.504 e. The molecular weight excluding hydrogens is 412 g/mol. The number of ether oxygens (including phenoxy) is 3. The van der Waals surface area contributed by atoms with Gasteiger partial charge in [0, 0.05) is 10.9 Å². The van der Waals surface area contributed by atoms with Gasteiger partial charge in [-0.05, 0) is 64.5 Å². The Labute approximate surface area is 168 Å². The number of hydrogen-bond donors (Lipinski definition) is 1. The van der Waals surface area contributed by atoms with Gasteiger partial charge in [0.2, 0.25) is 0 Å². The fourth-order valence-corrected chi connectivity index (χ4v) is 3.51. The van der Waals surface area contributed by atoms with E-state index in [2.05, 4.69) is 22.9 Å². The molecule has 0 saturated carbocycles. The summed E-state index contributed by atoms with van der Waals surface area (Å²) < 4.78 is 16.5. The van der Waals surface area contributed by atoms with E-state index >= 15 is 0 Å². The van der Waals surface area contributed by atoms with Gasteiger partial charge in [0.05, 0.1) is 26.9 Å². The number of phenolic OH excluding ortho intramolecular Hbond substituents is 1. The van der Waals surface area contributed by atoms with E-state index in [1.165, 1.54) is 14.2 Å². The molecule has 27 heavy (non-hydrogen) atoms. The zero-order chi connectivity index (χ0) is 20.0. The zero-order valence-corrected chi connectivity index (χ0v) is 17.6. The van der Waals surface area contributed by atoms with E-state index in [4.69, 9.17) is 14.2 Å². The van der Waals surface area contributed by atoms with Gasteiger partial charge < -0.3 is 19.3 Å². The van der Waals surface area contributed by atoms with Gasteiger partial charge in [0.1, 0.15) is 0 Å². The zero-order valence-electron chi connectivity index (χ0n) is 16.0. The maximum atomic E-state index is 12.9. The molecule has 2 aromatic rings. The Bertz CT molecular complexity index is 803. The van der Waals surface area contributed by atoms with Crippen LogP contribution in [0.15, 0.2) is 34.8 Å². The number of methoxy groups -OCH3 is 3. The van der Waals surface area contributed by atoms with Gasteiger partial charge in [0.15, 0.2) is 28.8 Å². The first-order valence-electron chi connectivity index (χ1n) is 8.70. The summed E-state index contributed by atoms with van der Waals surface area (Å²) in [6, 6.07) is 8.88. The van der Waals surface area contributed by atoms with E-state index in [1.54, 1.807) is 25.3 Å². The number of aromatic hydroxyl groups is 1. The van der Waals surface area contributed by atoms with Crippen LogP contribution in [0.2, 0.25) is 0 Å². The topological polar surface area (TPSA) is 65.0 Å². The predicted octanol–water partition coefficient (Wildman–Crippen LogP) is 5.02. The molecule has 1 atom stereocenters.